The number of nitrogens with one attached hydrogen (secondary N) is 1. The topological polar surface area (TPSA) is 82.8 Å². The first-order valence-corrected chi connectivity index (χ1v) is 6.28. The number of furan rings is 1. The molecule has 0 saturated carbocycles. The van der Waals surface area contributed by atoms with Gasteiger partial charge in [-0.25, -0.2) is 13.1 Å². The molecule has 0 aliphatic heterocycles. The molecule has 0 unspecified atom stereocenters. The van der Waals surface area contributed by atoms with Gasteiger partial charge in [-0.15, -0.1) is 0 Å². The number of likely N-dealkylation sites (N-methyl/N-ethyl adjacent to an activating group) is 1. The van der Waals surface area contributed by atoms with Crippen LogP contribution in [0.15, 0.2) is 21.6 Å². The molecule has 1 aromatic rings. The number of sulfonamides is 1. The molecule has 1 aromatic heterocycles. The Morgan fingerprint density at radius 3 is 2.62 bits per heavy atom. The molecule has 0 aliphatic carbocycles. The van der Waals surface area contributed by atoms with Crippen LogP contribution >= 0.6 is 0 Å². The van der Waals surface area contributed by atoms with Crippen molar-refractivity contribution in [2.45, 2.75) is 11.7 Å². The van der Waals surface area contributed by atoms with E-state index < -0.39 is 10.0 Å². The third-order valence-corrected chi connectivity index (χ3v) is 3.24. The van der Waals surface area contributed by atoms with E-state index in [2.05, 4.69) is 4.72 Å². The predicted octanol–water partition coefficient (Wildman–Crippen LogP) is -0.388. The van der Waals surface area contributed by atoms with E-state index in [0.29, 0.717) is 13.1 Å². The van der Waals surface area contributed by atoms with E-state index in [1.54, 1.807) is 0 Å². The fourth-order valence-corrected chi connectivity index (χ4v) is 2.03. The first-order chi connectivity index (χ1) is 7.45. The second kappa shape index (κ2) is 5.44. The smallest absolute Gasteiger partial charge is 0.274 e. The molecule has 0 fully saturated rings. The Hall–Kier alpha value is -0.890. The van der Waals surface area contributed by atoms with Gasteiger partial charge >= 0.3 is 0 Å². The Kier molecular flexibility index (Phi) is 4.48. The maximum atomic E-state index is 11.6. The summed E-state index contributed by atoms with van der Waals surface area (Å²) in [7, 11) is 0.105. The van der Waals surface area contributed by atoms with Gasteiger partial charge in [0.2, 0.25) is 5.09 Å². The Bertz CT molecular complexity index is 424. The molecule has 16 heavy (non-hydrogen) atoms. The minimum atomic E-state index is -3.60. The minimum Gasteiger partial charge on any atom is -0.446 e. The van der Waals surface area contributed by atoms with E-state index in [-0.39, 0.29) is 17.5 Å². The van der Waals surface area contributed by atoms with Crippen LogP contribution in [0.25, 0.3) is 0 Å². The molecule has 7 heteroatoms. The summed E-state index contributed by atoms with van der Waals surface area (Å²) in [6, 6.07) is 2.75. The molecule has 0 radical (unpaired) electrons. The third-order valence-electron chi connectivity index (χ3n) is 1.91. The number of aliphatic hydroxyl groups excluding tert-OH is 1. The van der Waals surface area contributed by atoms with Crippen LogP contribution in [0.2, 0.25) is 0 Å². The molecule has 0 saturated heterocycles. The van der Waals surface area contributed by atoms with E-state index in [4.69, 9.17) is 9.52 Å². The minimum absolute atomic E-state index is 0.171. The highest BCUT2D eigenvalue weighted by atomic mass is 32.2. The van der Waals surface area contributed by atoms with Gasteiger partial charge in [-0.3, -0.25) is 0 Å². The van der Waals surface area contributed by atoms with E-state index in [9.17, 15) is 8.42 Å². The van der Waals surface area contributed by atoms with Gasteiger partial charge in [0.05, 0.1) is 0 Å². The number of aliphatic hydroxyl groups is 1. The first-order valence-electron chi connectivity index (χ1n) is 4.79. The van der Waals surface area contributed by atoms with Gasteiger partial charge in [0, 0.05) is 13.1 Å². The van der Waals surface area contributed by atoms with Crippen LogP contribution in [0.5, 0.6) is 0 Å². The third kappa shape index (κ3) is 3.60. The van der Waals surface area contributed by atoms with Crippen molar-refractivity contribution in [2.24, 2.45) is 0 Å². The summed E-state index contributed by atoms with van der Waals surface area (Å²) >= 11 is 0. The van der Waals surface area contributed by atoms with Gasteiger partial charge in [-0.05, 0) is 26.2 Å². The lowest BCUT2D eigenvalue weighted by Crippen LogP contribution is -2.31. The summed E-state index contributed by atoms with van der Waals surface area (Å²) in [6.45, 7) is 0.602. The van der Waals surface area contributed by atoms with Crippen LogP contribution in [0, 0.1) is 0 Å². The van der Waals surface area contributed by atoms with Crippen LogP contribution in [0.4, 0.5) is 0 Å². The van der Waals surface area contributed by atoms with Gasteiger partial charge in [0.1, 0.15) is 12.4 Å². The highest BCUT2D eigenvalue weighted by Crippen LogP contribution is 2.13. The summed E-state index contributed by atoms with van der Waals surface area (Å²) in [5.41, 5.74) is 0. The Morgan fingerprint density at radius 1 is 1.44 bits per heavy atom. The predicted molar refractivity (Wildman–Crippen MR) is 58.4 cm³/mol. The zero-order valence-corrected chi connectivity index (χ0v) is 10.1. The van der Waals surface area contributed by atoms with Crippen LogP contribution in [0.3, 0.4) is 0 Å². The monoisotopic (exact) mass is 248 g/mol. The zero-order chi connectivity index (χ0) is 12.2. The van der Waals surface area contributed by atoms with Gasteiger partial charge < -0.3 is 14.4 Å². The summed E-state index contributed by atoms with van der Waals surface area (Å²) in [5.74, 6) is 0.230. The average molecular weight is 248 g/mol. The molecule has 0 aliphatic rings. The molecular weight excluding hydrogens is 232 g/mol. The van der Waals surface area contributed by atoms with Gasteiger partial charge in [-0.1, -0.05) is 0 Å². The van der Waals surface area contributed by atoms with Gasteiger partial charge in [0.25, 0.3) is 10.0 Å². The second-order valence-corrected chi connectivity index (χ2v) is 5.28. The molecule has 1 rings (SSSR count). The lowest BCUT2D eigenvalue weighted by Gasteiger charge is -2.09. The van der Waals surface area contributed by atoms with Crippen molar-refractivity contribution in [2.75, 3.05) is 27.2 Å². The van der Waals surface area contributed by atoms with Crippen LogP contribution < -0.4 is 4.72 Å². The SMILES string of the molecule is CN(C)CCNS(=O)(=O)c1ccc(CO)o1. The normalized spacial score (nSPS) is 12.2. The van der Waals surface area contributed by atoms with Crippen LogP contribution in [0.1, 0.15) is 5.76 Å². The highest BCUT2D eigenvalue weighted by Gasteiger charge is 2.17. The second-order valence-electron chi connectivity index (χ2n) is 3.58. The van der Waals surface area contributed by atoms with Crippen LogP contribution in [-0.2, 0) is 16.6 Å². The lowest BCUT2D eigenvalue weighted by molar-refractivity contribution is 0.236. The fourth-order valence-electron chi connectivity index (χ4n) is 1.06. The van der Waals surface area contributed by atoms with Crippen molar-refractivity contribution in [1.82, 2.24) is 9.62 Å². The molecule has 2 N–H and O–H groups in total. The van der Waals surface area contributed by atoms with Gasteiger partial charge in [-0.2, -0.15) is 0 Å². The Morgan fingerprint density at radius 2 is 2.12 bits per heavy atom. The van der Waals surface area contributed by atoms with Crippen molar-refractivity contribution in [1.29, 1.82) is 0 Å². The summed E-state index contributed by atoms with van der Waals surface area (Å²) in [4.78, 5) is 1.86. The zero-order valence-electron chi connectivity index (χ0n) is 9.30. The maximum absolute atomic E-state index is 11.6. The largest absolute Gasteiger partial charge is 0.446 e. The molecule has 92 valence electrons. The van der Waals surface area contributed by atoms with E-state index >= 15 is 0 Å². The Labute approximate surface area is 94.9 Å². The molecule has 0 spiro atoms. The van der Waals surface area contributed by atoms with Crippen molar-refractivity contribution in [3.05, 3.63) is 17.9 Å². The van der Waals surface area contributed by atoms with Crippen molar-refractivity contribution >= 4 is 10.0 Å². The van der Waals surface area contributed by atoms with Gasteiger partial charge in [0.15, 0.2) is 0 Å². The highest BCUT2D eigenvalue weighted by molar-refractivity contribution is 7.89. The molecule has 0 amide bonds. The standard InChI is InChI=1S/C9H16N2O4S/c1-11(2)6-5-10-16(13,14)9-4-3-8(7-12)15-9/h3-4,10,12H,5-7H2,1-2H3. The first kappa shape index (κ1) is 13.2. The van der Waals surface area contributed by atoms with Crippen molar-refractivity contribution in [3.8, 4) is 0 Å². The summed E-state index contributed by atoms with van der Waals surface area (Å²) < 4.78 is 30.6. The number of hydrogen-bond donors (Lipinski definition) is 2. The molecule has 0 aromatic carbocycles. The van der Waals surface area contributed by atoms with Crippen molar-refractivity contribution < 1.29 is 17.9 Å². The van der Waals surface area contributed by atoms with Crippen LogP contribution in [-0.4, -0.2) is 45.6 Å². The molecule has 0 bridgehead atoms. The number of hydrogen-bond acceptors (Lipinski definition) is 5. The lowest BCUT2D eigenvalue weighted by atomic mass is 10.5. The quantitative estimate of drug-likeness (QED) is 0.716. The summed E-state index contributed by atoms with van der Waals surface area (Å²) in [6.07, 6.45) is 0. The van der Waals surface area contributed by atoms with E-state index in [0.717, 1.165) is 0 Å². The summed E-state index contributed by atoms with van der Waals surface area (Å²) in [5, 5.41) is 8.58. The maximum Gasteiger partial charge on any atom is 0.274 e. The molecule has 1 heterocycles. The molecule has 6 nitrogen and oxygen atoms in total. The number of rotatable bonds is 6. The molecule has 0 atom stereocenters. The Balaban J connectivity index is 2.63. The van der Waals surface area contributed by atoms with Crippen molar-refractivity contribution in [3.63, 3.8) is 0 Å². The fraction of sp³-hybridized carbons (Fsp3) is 0.556. The van der Waals surface area contributed by atoms with E-state index in [1.165, 1.54) is 12.1 Å². The van der Waals surface area contributed by atoms with E-state index in [1.807, 2.05) is 19.0 Å². The molecular formula is C9H16N2O4S. The average Bonchev–Trinajstić information content (AvgIpc) is 2.65. The number of nitrogens with zero attached hydrogens (tertiary/aromatic N) is 1.